The molecule has 0 spiro atoms. The fraction of sp³-hybridized carbons (Fsp3) is 0.0556. The van der Waals surface area contributed by atoms with Gasteiger partial charge in [0.05, 0.1) is 11.9 Å². The second-order valence-corrected chi connectivity index (χ2v) is 6.80. The minimum absolute atomic E-state index is 0.0656. The summed E-state index contributed by atoms with van der Waals surface area (Å²) >= 11 is 0.618. The van der Waals surface area contributed by atoms with E-state index >= 15 is 0 Å². The molecular weight excluding hydrogens is 415 g/mol. The molecule has 29 heavy (non-hydrogen) atoms. The van der Waals surface area contributed by atoms with Crippen LogP contribution in [0.25, 0.3) is 16.7 Å². The molecule has 0 aliphatic heterocycles. The van der Waals surface area contributed by atoms with Crippen molar-refractivity contribution in [2.75, 3.05) is 0 Å². The maximum absolute atomic E-state index is 13.8. The van der Waals surface area contributed by atoms with E-state index < -0.39 is 46.0 Å². The van der Waals surface area contributed by atoms with Gasteiger partial charge in [-0.05, 0) is 12.1 Å². The third kappa shape index (κ3) is 3.27. The largest absolute Gasteiger partial charge is 0.301 e. The van der Waals surface area contributed by atoms with Crippen LogP contribution in [0.5, 0.6) is 0 Å². The summed E-state index contributed by atoms with van der Waals surface area (Å²) in [5.41, 5.74) is -0.765. The van der Waals surface area contributed by atoms with Crippen LogP contribution in [0, 0.1) is 29.1 Å². The first-order chi connectivity index (χ1) is 13.9. The Morgan fingerprint density at radius 3 is 2.21 bits per heavy atom. The lowest BCUT2D eigenvalue weighted by molar-refractivity contribution is 0.372. The van der Waals surface area contributed by atoms with Crippen molar-refractivity contribution in [1.82, 2.24) is 19.7 Å². The fourth-order valence-electron chi connectivity index (χ4n) is 2.64. The summed E-state index contributed by atoms with van der Waals surface area (Å²) in [6.07, 6.45) is 1.31. The van der Waals surface area contributed by atoms with Gasteiger partial charge in [0.25, 0.3) is 5.56 Å². The topological polar surface area (TPSA) is 63.6 Å². The van der Waals surface area contributed by atoms with E-state index in [4.69, 9.17) is 0 Å². The highest BCUT2D eigenvalue weighted by molar-refractivity contribution is 7.98. The molecule has 2 aromatic heterocycles. The Kier molecular flexibility index (Phi) is 4.82. The molecule has 4 aromatic rings. The Morgan fingerprint density at radius 2 is 1.55 bits per heavy atom. The van der Waals surface area contributed by atoms with Crippen LogP contribution in [0.15, 0.2) is 46.5 Å². The summed E-state index contributed by atoms with van der Waals surface area (Å²) in [5, 5.41) is 4.22. The standard InChI is InChI=1S/C18H9F5N4OS/c19-11-10(12(20)14(22)15(23)13(11)21)7-29-18-25-16-9(17(28)26-18)6-24-27(16)8-4-2-1-3-5-8/h1-6H,7H2,(H,25,26,28). The highest BCUT2D eigenvalue weighted by Crippen LogP contribution is 2.28. The molecule has 148 valence electrons. The van der Waals surface area contributed by atoms with Crippen molar-refractivity contribution in [3.63, 3.8) is 0 Å². The summed E-state index contributed by atoms with van der Waals surface area (Å²) in [5.74, 6) is -10.8. The summed E-state index contributed by atoms with van der Waals surface area (Å²) in [4.78, 5) is 18.9. The summed E-state index contributed by atoms with van der Waals surface area (Å²) in [7, 11) is 0. The molecule has 0 unspecified atom stereocenters. The van der Waals surface area contributed by atoms with Crippen LogP contribution in [-0.4, -0.2) is 19.7 Å². The first-order valence-electron chi connectivity index (χ1n) is 8.05. The first-order valence-corrected chi connectivity index (χ1v) is 9.03. The lowest BCUT2D eigenvalue weighted by Gasteiger charge is -2.08. The van der Waals surface area contributed by atoms with Gasteiger partial charge in [-0.25, -0.2) is 31.6 Å². The number of aromatic amines is 1. The van der Waals surface area contributed by atoms with Crippen LogP contribution < -0.4 is 5.56 Å². The predicted octanol–water partition coefficient (Wildman–Crippen LogP) is 4.10. The number of hydrogen-bond acceptors (Lipinski definition) is 4. The number of para-hydroxylation sites is 1. The van der Waals surface area contributed by atoms with Crippen molar-refractivity contribution >= 4 is 22.8 Å². The Labute approximate surface area is 163 Å². The zero-order chi connectivity index (χ0) is 20.7. The number of thioether (sulfide) groups is 1. The second-order valence-electron chi connectivity index (χ2n) is 5.84. The first kappa shape index (κ1) is 19.1. The number of nitrogens with zero attached hydrogens (tertiary/aromatic N) is 3. The van der Waals surface area contributed by atoms with Gasteiger partial charge in [-0.3, -0.25) is 4.79 Å². The maximum Gasteiger partial charge on any atom is 0.262 e. The molecule has 0 amide bonds. The highest BCUT2D eigenvalue weighted by atomic mass is 32.2. The van der Waals surface area contributed by atoms with E-state index in [2.05, 4.69) is 15.1 Å². The van der Waals surface area contributed by atoms with Crippen molar-refractivity contribution in [3.05, 3.63) is 81.5 Å². The number of nitrogens with one attached hydrogen (secondary N) is 1. The molecule has 0 fully saturated rings. The lowest BCUT2D eigenvalue weighted by atomic mass is 10.2. The van der Waals surface area contributed by atoms with Gasteiger partial charge in [0.2, 0.25) is 5.82 Å². The molecule has 0 aliphatic rings. The molecule has 2 aromatic carbocycles. The van der Waals surface area contributed by atoms with Crippen LogP contribution >= 0.6 is 11.8 Å². The molecule has 0 bridgehead atoms. The molecular formula is C18H9F5N4OS. The van der Waals surface area contributed by atoms with E-state index in [1.165, 1.54) is 10.9 Å². The van der Waals surface area contributed by atoms with Crippen molar-refractivity contribution in [2.24, 2.45) is 0 Å². The van der Waals surface area contributed by atoms with Gasteiger partial charge in [-0.15, -0.1) is 0 Å². The number of H-pyrrole nitrogens is 1. The van der Waals surface area contributed by atoms with Crippen LogP contribution in [-0.2, 0) is 5.75 Å². The molecule has 11 heteroatoms. The molecule has 0 saturated heterocycles. The summed E-state index contributed by atoms with van der Waals surface area (Å²) in [6.45, 7) is 0. The fourth-order valence-corrected chi connectivity index (χ4v) is 3.49. The van der Waals surface area contributed by atoms with Gasteiger partial charge in [-0.2, -0.15) is 5.10 Å². The second kappa shape index (κ2) is 7.32. The van der Waals surface area contributed by atoms with Crippen LogP contribution in [0.2, 0.25) is 0 Å². The SMILES string of the molecule is O=c1[nH]c(SCc2c(F)c(F)c(F)c(F)c2F)nc2c1cnn2-c1ccccc1. The predicted molar refractivity (Wildman–Crippen MR) is 95.3 cm³/mol. The molecule has 0 saturated carbocycles. The average Bonchev–Trinajstić information content (AvgIpc) is 3.16. The van der Waals surface area contributed by atoms with Crippen LogP contribution in [0.3, 0.4) is 0 Å². The van der Waals surface area contributed by atoms with Crippen LogP contribution in [0.4, 0.5) is 22.0 Å². The number of halogens is 5. The Balaban J connectivity index is 1.73. The Bertz CT molecular complexity index is 1260. The molecule has 5 nitrogen and oxygen atoms in total. The third-order valence-electron chi connectivity index (χ3n) is 4.07. The van der Waals surface area contributed by atoms with Gasteiger partial charge < -0.3 is 4.98 Å². The monoisotopic (exact) mass is 424 g/mol. The van der Waals surface area contributed by atoms with E-state index in [1.54, 1.807) is 30.3 Å². The van der Waals surface area contributed by atoms with E-state index in [-0.39, 0.29) is 16.2 Å². The molecule has 2 heterocycles. The number of hydrogen-bond donors (Lipinski definition) is 1. The molecule has 1 N–H and O–H groups in total. The van der Waals surface area contributed by atoms with Gasteiger partial charge >= 0.3 is 0 Å². The highest BCUT2D eigenvalue weighted by Gasteiger charge is 2.25. The third-order valence-corrected chi connectivity index (χ3v) is 4.97. The van der Waals surface area contributed by atoms with Gasteiger partial charge in [0.1, 0.15) is 5.39 Å². The molecule has 4 rings (SSSR count). The van der Waals surface area contributed by atoms with Crippen LogP contribution in [0.1, 0.15) is 5.56 Å². The quantitative estimate of drug-likeness (QED) is 0.176. The van der Waals surface area contributed by atoms with Crippen molar-refractivity contribution in [2.45, 2.75) is 10.9 Å². The summed E-state index contributed by atoms with van der Waals surface area (Å²) in [6, 6.07) is 8.78. The Morgan fingerprint density at radius 1 is 0.931 bits per heavy atom. The van der Waals surface area contributed by atoms with Gasteiger partial charge in [0.15, 0.2) is 34.1 Å². The van der Waals surface area contributed by atoms with E-state index in [9.17, 15) is 26.7 Å². The molecule has 0 radical (unpaired) electrons. The summed E-state index contributed by atoms with van der Waals surface area (Å²) < 4.78 is 68.9. The normalized spacial score (nSPS) is 11.3. The Hall–Kier alpha value is -3.21. The van der Waals surface area contributed by atoms with Crippen molar-refractivity contribution in [3.8, 4) is 5.69 Å². The number of benzene rings is 2. The maximum atomic E-state index is 13.8. The van der Waals surface area contributed by atoms with E-state index in [0.29, 0.717) is 17.4 Å². The minimum atomic E-state index is -2.23. The minimum Gasteiger partial charge on any atom is -0.301 e. The zero-order valence-electron chi connectivity index (χ0n) is 14.2. The smallest absolute Gasteiger partial charge is 0.262 e. The molecule has 0 atom stereocenters. The zero-order valence-corrected chi connectivity index (χ0v) is 15.0. The average molecular weight is 424 g/mol. The van der Waals surface area contributed by atoms with E-state index in [0.717, 1.165) is 0 Å². The van der Waals surface area contributed by atoms with Crippen molar-refractivity contribution < 1.29 is 22.0 Å². The van der Waals surface area contributed by atoms with Gasteiger partial charge in [0, 0.05) is 11.3 Å². The number of aromatic nitrogens is 4. The molecule has 0 aliphatic carbocycles. The van der Waals surface area contributed by atoms with E-state index in [1.807, 2.05) is 0 Å². The lowest BCUT2D eigenvalue weighted by Crippen LogP contribution is -2.10. The van der Waals surface area contributed by atoms with Crippen molar-refractivity contribution in [1.29, 1.82) is 0 Å². The van der Waals surface area contributed by atoms with Gasteiger partial charge in [-0.1, -0.05) is 30.0 Å². The number of rotatable bonds is 4. The number of fused-ring (bicyclic) bond motifs is 1.